The van der Waals surface area contributed by atoms with Crippen molar-refractivity contribution in [1.29, 1.82) is 0 Å². The Morgan fingerprint density at radius 1 is 0.958 bits per heavy atom. The first-order valence-corrected chi connectivity index (χ1v) is 8.53. The molecule has 0 aliphatic carbocycles. The standard InChI is InChI=1S/C19H20N2O2S/c1-22-16-9-8-15(10-17(16)23-2)18-12-21-19(24-18)13-20-11-14-6-4-3-5-7-14/h3-10,12,20H,11,13H2,1-2H3. The van der Waals surface area contributed by atoms with Gasteiger partial charge >= 0.3 is 0 Å². The number of thiazole rings is 1. The van der Waals surface area contributed by atoms with Gasteiger partial charge in [-0.15, -0.1) is 11.3 Å². The largest absolute Gasteiger partial charge is 0.493 e. The van der Waals surface area contributed by atoms with E-state index in [-0.39, 0.29) is 0 Å². The molecule has 3 aromatic rings. The van der Waals surface area contributed by atoms with Crippen LogP contribution in [0, 0.1) is 0 Å². The van der Waals surface area contributed by atoms with E-state index >= 15 is 0 Å². The Morgan fingerprint density at radius 3 is 2.50 bits per heavy atom. The van der Waals surface area contributed by atoms with E-state index in [0.717, 1.165) is 40.0 Å². The molecule has 0 fully saturated rings. The minimum Gasteiger partial charge on any atom is -0.493 e. The Bertz CT molecular complexity index is 787. The highest BCUT2D eigenvalue weighted by Gasteiger charge is 2.09. The van der Waals surface area contributed by atoms with E-state index < -0.39 is 0 Å². The van der Waals surface area contributed by atoms with Gasteiger partial charge in [-0.3, -0.25) is 0 Å². The minimum atomic E-state index is 0.729. The summed E-state index contributed by atoms with van der Waals surface area (Å²) in [5, 5.41) is 4.49. The van der Waals surface area contributed by atoms with E-state index in [1.54, 1.807) is 25.6 Å². The van der Waals surface area contributed by atoms with Crippen LogP contribution in [0.15, 0.2) is 54.7 Å². The molecule has 0 bridgehead atoms. The second kappa shape index (κ2) is 7.95. The average Bonchev–Trinajstić information content (AvgIpc) is 3.11. The number of aromatic nitrogens is 1. The van der Waals surface area contributed by atoms with Crippen LogP contribution in [-0.2, 0) is 13.1 Å². The minimum absolute atomic E-state index is 0.729. The zero-order valence-electron chi connectivity index (χ0n) is 13.8. The molecule has 0 aliphatic rings. The molecular weight excluding hydrogens is 320 g/mol. The van der Waals surface area contributed by atoms with Gasteiger partial charge in [0.1, 0.15) is 5.01 Å². The summed E-state index contributed by atoms with van der Waals surface area (Å²) in [5.41, 5.74) is 2.36. The van der Waals surface area contributed by atoms with Gasteiger partial charge in [0.05, 0.1) is 19.1 Å². The van der Waals surface area contributed by atoms with Gasteiger partial charge < -0.3 is 14.8 Å². The van der Waals surface area contributed by atoms with Crippen LogP contribution in [0.4, 0.5) is 0 Å². The van der Waals surface area contributed by atoms with Crippen molar-refractivity contribution in [2.24, 2.45) is 0 Å². The Kier molecular flexibility index (Phi) is 5.46. The van der Waals surface area contributed by atoms with Crippen LogP contribution in [0.1, 0.15) is 10.6 Å². The van der Waals surface area contributed by atoms with Gasteiger partial charge in [-0.05, 0) is 29.3 Å². The zero-order chi connectivity index (χ0) is 16.8. The van der Waals surface area contributed by atoms with E-state index in [9.17, 15) is 0 Å². The fourth-order valence-electron chi connectivity index (χ4n) is 2.42. The van der Waals surface area contributed by atoms with Crippen LogP contribution in [0.25, 0.3) is 10.4 Å². The summed E-state index contributed by atoms with van der Waals surface area (Å²) in [7, 11) is 3.29. The third kappa shape index (κ3) is 3.93. The Morgan fingerprint density at radius 2 is 1.75 bits per heavy atom. The molecule has 5 heteroatoms. The molecule has 3 rings (SSSR count). The van der Waals surface area contributed by atoms with Gasteiger partial charge in [-0.2, -0.15) is 0 Å². The van der Waals surface area contributed by atoms with Gasteiger partial charge in [0.25, 0.3) is 0 Å². The van der Waals surface area contributed by atoms with Crippen molar-refractivity contribution >= 4 is 11.3 Å². The lowest BCUT2D eigenvalue weighted by Gasteiger charge is -2.08. The summed E-state index contributed by atoms with van der Waals surface area (Å²) < 4.78 is 10.6. The predicted octanol–water partition coefficient (Wildman–Crippen LogP) is 4.12. The van der Waals surface area contributed by atoms with E-state index in [0.29, 0.717) is 0 Å². The van der Waals surface area contributed by atoms with Crippen LogP contribution in [0.2, 0.25) is 0 Å². The molecule has 4 nitrogen and oxygen atoms in total. The summed E-state index contributed by atoms with van der Waals surface area (Å²) >= 11 is 1.68. The molecule has 0 unspecified atom stereocenters. The van der Waals surface area contributed by atoms with Crippen LogP contribution in [0.3, 0.4) is 0 Å². The third-order valence-corrected chi connectivity index (χ3v) is 4.72. The van der Waals surface area contributed by atoms with Crippen LogP contribution in [0.5, 0.6) is 11.5 Å². The second-order valence-electron chi connectivity index (χ2n) is 5.28. The number of nitrogens with one attached hydrogen (secondary N) is 1. The van der Waals surface area contributed by atoms with Crippen molar-refractivity contribution in [3.8, 4) is 21.9 Å². The number of rotatable bonds is 7. The maximum absolute atomic E-state index is 5.37. The van der Waals surface area contributed by atoms with Gasteiger partial charge in [-0.25, -0.2) is 4.98 Å². The van der Waals surface area contributed by atoms with Crippen molar-refractivity contribution in [3.63, 3.8) is 0 Å². The summed E-state index contributed by atoms with van der Waals surface area (Å²) in [6.45, 7) is 1.60. The highest BCUT2D eigenvalue weighted by molar-refractivity contribution is 7.15. The summed E-state index contributed by atoms with van der Waals surface area (Å²) in [6.07, 6.45) is 1.91. The smallest absolute Gasteiger partial charge is 0.161 e. The quantitative estimate of drug-likeness (QED) is 0.703. The van der Waals surface area contributed by atoms with E-state index in [1.165, 1.54) is 5.56 Å². The molecular formula is C19H20N2O2S. The van der Waals surface area contributed by atoms with Gasteiger partial charge in [0.2, 0.25) is 0 Å². The Labute approximate surface area is 146 Å². The fraction of sp³-hybridized carbons (Fsp3) is 0.211. The first-order valence-electron chi connectivity index (χ1n) is 7.72. The van der Waals surface area contributed by atoms with Crippen LogP contribution >= 0.6 is 11.3 Å². The molecule has 124 valence electrons. The van der Waals surface area contributed by atoms with Crippen molar-refractivity contribution in [1.82, 2.24) is 10.3 Å². The van der Waals surface area contributed by atoms with Gasteiger partial charge in [0, 0.05) is 19.3 Å². The highest BCUT2D eigenvalue weighted by atomic mass is 32.1. The Hall–Kier alpha value is -2.37. The van der Waals surface area contributed by atoms with E-state index in [1.807, 2.05) is 30.5 Å². The molecule has 1 N–H and O–H groups in total. The number of hydrogen-bond acceptors (Lipinski definition) is 5. The fourth-order valence-corrected chi connectivity index (χ4v) is 3.31. The number of hydrogen-bond donors (Lipinski definition) is 1. The number of benzene rings is 2. The molecule has 0 saturated carbocycles. The predicted molar refractivity (Wildman–Crippen MR) is 97.6 cm³/mol. The van der Waals surface area contributed by atoms with E-state index in [4.69, 9.17) is 9.47 Å². The molecule has 2 aromatic carbocycles. The monoisotopic (exact) mass is 340 g/mol. The topological polar surface area (TPSA) is 43.4 Å². The molecule has 0 spiro atoms. The molecule has 0 radical (unpaired) electrons. The van der Waals surface area contributed by atoms with Crippen molar-refractivity contribution in [2.45, 2.75) is 13.1 Å². The lowest BCUT2D eigenvalue weighted by molar-refractivity contribution is 0.355. The number of methoxy groups -OCH3 is 2. The van der Waals surface area contributed by atoms with Crippen molar-refractivity contribution in [3.05, 3.63) is 65.3 Å². The van der Waals surface area contributed by atoms with Crippen molar-refractivity contribution < 1.29 is 9.47 Å². The first kappa shape index (κ1) is 16.5. The van der Waals surface area contributed by atoms with Gasteiger partial charge in [0.15, 0.2) is 11.5 Å². The maximum atomic E-state index is 5.37. The zero-order valence-corrected chi connectivity index (χ0v) is 14.6. The molecule has 1 aromatic heterocycles. The molecule has 24 heavy (non-hydrogen) atoms. The summed E-state index contributed by atoms with van der Waals surface area (Å²) in [4.78, 5) is 5.62. The van der Waals surface area contributed by atoms with Crippen LogP contribution in [-0.4, -0.2) is 19.2 Å². The highest BCUT2D eigenvalue weighted by Crippen LogP contribution is 2.34. The molecule has 1 heterocycles. The summed E-state index contributed by atoms with van der Waals surface area (Å²) in [5.74, 6) is 1.46. The first-order chi connectivity index (χ1) is 11.8. The van der Waals surface area contributed by atoms with Crippen molar-refractivity contribution in [2.75, 3.05) is 14.2 Å². The SMILES string of the molecule is COc1ccc(-c2cnc(CNCc3ccccc3)s2)cc1OC. The molecule has 0 saturated heterocycles. The van der Waals surface area contributed by atoms with Crippen LogP contribution < -0.4 is 14.8 Å². The Balaban J connectivity index is 1.65. The molecule has 0 amide bonds. The number of ether oxygens (including phenoxy) is 2. The lowest BCUT2D eigenvalue weighted by atomic mass is 10.2. The van der Waals surface area contributed by atoms with Gasteiger partial charge in [-0.1, -0.05) is 30.3 Å². The van der Waals surface area contributed by atoms with E-state index in [2.05, 4.69) is 34.6 Å². The lowest BCUT2D eigenvalue weighted by Crippen LogP contribution is -2.12. The third-order valence-electron chi connectivity index (χ3n) is 3.67. The average molecular weight is 340 g/mol. The second-order valence-corrected chi connectivity index (χ2v) is 6.39. The molecule has 0 atom stereocenters. The molecule has 0 aliphatic heterocycles. The maximum Gasteiger partial charge on any atom is 0.161 e. The summed E-state index contributed by atoms with van der Waals surface area (Å²) in [6, 6.07) is 16.3. The number of nitrogens with zero attached hydrogens (tertiary/aromatic N) is 1. The normalized spacial score (nSPS) is 10.6.